The first-order chi connectivity index (χ1) is 12.4. The number of aliphatic imine (C=N–C) groups is 1. The number of hydrogen-bond acceptors (Lipinski definition) is 5. The van der Waals surface area contributed by atoms with Crippen molar-refractivity contribution in [1.29, 1.82) is 0 Å². The predicted molar refractivity (Wildman–Crippen MR) is 98.7 cm³/mol. The Bertz CT molecular complexity index is 908. The van der Waals surface area contributed by atoms with E-state index in [1.165, 1.54) is 0 Å². The van der Waals surface area contributed by atoms with Gasteiger partial charge in [-0.05, 0) is 42.3 Å². The molecule has 1 aliphatic rings. The Morgan fingerprint density at radius 2 is 1.81 bits per heavy atom. The lowest BCUT2D eigenvalue weighted by molar-refractivity contribution is -0.137. The predicted octanol–water partition coefficient (Wildman–Crippen LogP) is 3.90. The maximum atomic E-state index is 12.1. The van der Waals surface area contributed by atoms with Gasteiger partial charge in [0.1, 0.15) is 5.75 Å². The molecule has 0 saturated heterocycles. The van der Waals surface area contributed by atoms with Gasteiger partial charge in [-0.1, -0.05) is 44.2 Å². The Labute approximate surface area is 152 Å². The standard InChI is InChI=1S/C21H19NO4/c1-13(2)20(23)25-16-10-8-15(9-11-16)12-18-21(24)26-19(22-18)17-7-5-4-6-14(17)3/h4-13H,1-3H3/b18-12-. The molecule has 2 aromatic rings. The Morgan fingerprint density at radius 1 is 1.12 bits per heavy atom. The first kappa shape index (κ1) is 17.6. The van der Waals surface area contributed by atoms with Gasteiger partial charge in [-0.15, -0.1) is 0 Å². The molecule has 2 aromatic carbocycles. The van der Waals surface area contributed by atoms with Crippen LogP contribution < -0.4 is 4.74 Å². The van der Waals surface area contributed by atoms with Crippen molar-refractivity contribution >= 4 is 23.9 Å². The van der Waals surface area contributed by atoms with E-state index in [0.717, 1.165) is 16.7 Å². The molecule has 0 bridgehead atoms. The van der Waals surface area contributed by atoms with Crippen LogP contribution in [0.3, 0.4) is 0 Å². The monoisotopic (exact) mass is 349 g/mol. The molecule has 132 valence electrons. The lowest BCUT2D eigenvalue weighted by Crippen LogP contribution is -2.14. The highest BCUT2D eigenvalue weighted by atomic mass is 16.6. The maximum Gasteiger partial charge on any atom is 0.363 e. The van der Waals surface area contributed by atoms with Crippen molar-refractivity contribution < 1.29 is 19.1 Å². The van der Waals surface area contributed by atoms with E-state index in [-0.39, 0.29) is 17.6 Å². The molecule has 1 heterocycles. The third kappa shape index (κ3) is 3.88. The lowest BCUT2D eigenvalue weighted by Gasteiger charge is -2.06. The number of esters is 2. The molecule has 0 spiro atoms. The highest BCUT2D eigenvalue weighted by Gasteiger charge is 2.24. The summed E-state index contributed by atoms with van der Waals surface area (Å²) in [5, 5.41) is 0. The topological polar surface area (TPSA) is 65.0 Å². The number of rotatable bonds is 4. The van der Waals surface area contributed by atoms with Crippen molar-refractivity contribution in [2.24, 2.45) is 10.9 Å². The quantitative estimate of drug-likeness (QED) is 0.477. The van der Waals surface area contributed by atoms with Crippen molar-refractivity contribution in [2.75, 3.05) is 0 Å². The highest BCUT2D eigenvalue weighted by molar-refractivity contribution is 6.13. The molecule has 5 nitrogen and oxygen atoms in total. The fourth-order valence-electron chi connectivity index (χ4n) is 2.36. The lowest BCUT2D eigenvalue weighted by atomic mass is 10.1. The van der Waals surface area contributed by atoms with E-state index >= 15 is 0 Å². The number of nitrogens with zero attached hydrogens (tertiary/aromatic N) is 1. The van der Waals surface area contributed by atoms with Crippen molar-refractivity contribution in [1.82, 2.24) is 0 Å². The van der Waals surface area contributed by atoms with Crippen molar-refractivity contribution in [3.63, 3.8) is 0 Å². The summed E-state index contributed by atoms with van der Waals surface area (Å²) in [6, 6.07) is 14.5. The van der Waals surface area contributed by atoms with E-state index in [2.05, 4.69) is 4.99 Å². The minimum atomic E-state index is -0.487. The zero-order valence-corrected chi connectivity index (χ0v) is 14.9. The number of hydrogen-bond donors (Lipinski definition) is 0. The maximum absolute atomic E-state index is 12.1. The third-order valence-corrected chi connectivity index (χ3v) is 3.87. The molecule has 0 aromatic heterocycles. The second-order valence-electron chi connectivity index (χ2n) is 6.30. The summed E-state index contributed by atoms with van der Waals surface area (Å²) >= 11 is 0. The van der Waals surface area contributed by atoms with E-state index in [0.29, 0.717) is 11.6 Å². The summed E-state index contributed by atoms with van der Waals surface area (Å²) in [4.78, 5) is 28.0. The van der Waals surface area contributed by atoms with Gasteiger partial charge in [-0.3, -0.25) is 4.79 Å². The fourth-order valence-corrected chi connectivity index (χ4v) is 2.36. The van der Waals surface area contributed by atoms with Crippen LogP contribution in [-0.2, 0) is 14.3 Å². The molecule has 0 saturated carbocycles. The van der Waals surface area contributed by atoms with Gasteiger partial charge >= 0.3 is 11.9 Å². The van der Waals surface area contributed by atoms with Gasteiger partial charge in [-0.2, -0.15) is 0 Å². The van der Waals surface area contributed by atoms with Crippen molar-refractivity contribution in [3.8, 4) is 5.75 Å². The number of carbonyl (C=O) groups excluding carboxylic acids is 2. The number of benzene rings is 2. The van der Waals surface area contributed by atoms with E-state index in [1.807, 2.05) is 31.2 Å². The Balaban J connectivity index is 1.80. The molecule has 0 aliphatic carbocycles. The first-order valence-corrected chi connectivity index (χ1v) is 8.34. The van der Waals surface area contributed by atoms with Gasteiger partial charge in [0.15, 0.2) is 5.70 Å². The SMILES string of the molecule is Cc1ccccc1C1=N/C(=C\c2ccc(OC(=O)C(C)C)cc2)C(=O)O1. The first-order valence-electron chi connectivity index (χ1n) is 8.34. The van der Waals surface area contributed by atoms with Crippen molar-refractivity contribution in [2.45, 2.75) is 20.8 Å². The van der Waals surface area contributed by atoms with Crippen LogP contribution in [0.15, 0.2) is 59.2 Å². The largest absolute Gasteiger partial charge is 0.426 e. The summed E-state index contributed by atoms with van der Waals surface area (Å²) in [7, 11) is 0. The molecule has 5 heteroatoms. The highest BCUT2D eigenvalue weighted by Crippen LogP contribution is 2.22. The van der Waals surface area contributed by atoms with Gasteiger partial charge in [0.05, 0.1) is 5.92 Å². The van der Waals surface area contributed by atoms with Gasteiger partial charge in [0.2, 0.25) is 5.90 Å². The molecule has 3 rings (SSSR count). The van der Waals surface area contributed by atoms with Crippen LogP contribution in [0.4, 0.5) is 0 Å². The summed E-state index contributed by atoms with van der Waals surface area (Å²) in [6.07, 6.45) is 1.64. The average Bonchev–Trinajstić information content (AvgIpc) is 2.97. The Morgan fingerprint density at radius 3 is 2.46 bits per heavy atom. The molecule has 0 atom stereocenters. The molecule has 0 N–H and O–H groups in total. The average molecular weight is 349 g/mol. The molecule has 26 heavy (non-hydrogen) atoms. The zero-order valence-electron chi connectivity index (χ0n) is 14.9. The van der Waals surface area contributed by atoms with E-state index in [4.69, 9.17) is 9.47 Å². The molecular weight excluding hydrogens is 330 g/mol. The number of carbonyl (C=O) groups is 2. The van der Waals surface area contributed by atoms with Crippen LogP contribution >= 0.6 is 0 Å². The molecule has 0 unspecified atom stereocenters. The van der Waals surface area contributed by atoms with Crippen LogP contribution in [0, 0.1) is 12.8 Å². The minimum absolute atomic E-state index is 0.195. The van der Waals surface area contributed by atoms with Crippen LogP contribution in [0.25, 0.3) is 6.08 Å². The van der Waals surface area contributed by atoms with Crippen LogP contribution in [0.5, 0.6) is 5.75 Å². The van der Waals surface area contributed by atoms with Gasteiger partial charge in [0, 0.05) is 5.56 Å². The smallest absolute Gasteiger partial charge is 0.363 e. The van der Waals surface area contributed by atoms with E-state index < -0.39 is 5.97 Å². The molecule has 0 radical (unpaired) electrons. The second kappa shape index (κ2) is 7.35. The number of aryl methyl sites for hydroxylation is 1. The zero-order chi connectivity index (χ0) is 18.7. The number of cyclic esters (lactones) is 1. The van der Waals surface area contributed by atoms with E-state index in [1.54, 1.807) is 44.2 Å². The Hall–Kier alpha value is -3.21. The Kier molecular flexibility index (Phi) is 4.98. The van der Waals surface area contributed by atoms with Crippen molar-refractivity contribution in [3.05, 3.63) is 70.9 Å². The molecule has 1 aliphatic heterocycles. The minimum Gasteiger partial charge on any atom is -0.426 e. The summed E-state index contributed by atoms with van der Waals surface area (Å²) in [5.74, 6) is -0.202. The van der Waals surface area contributed by atoms with Crippen LogP contribution in [-0.4, -0.2) is 17.8 Å². The molecule has 0 fully saturated rings. The normalized spacial score (nSPS) is 15.2. The van der Waals surface area contributed by atoms with Crippen LogP contribution in [0.1, 0.15) is 30.5 Å². The van der Waals surface area contributed by atoms with Crippen LogP contribution in [0.2, 0.25) is 0 Å². The fraction of sp³-hybridized carbons (Fsp3) is 0.190. The second-order valence-corrected chi connectivity index (χ2v) is 6.30. The molecular formula is C21H19NO4. The van der Waals surface area contributed by atoms with Gasteiger partial charge in [-0.25, -0.2) is 9.79 Å². The summed E-state index contributed by atoms with van der Waals surface area (Å²) < 4.78 is 10.5. The summed E-state index contributed by atoms with van der Waals surface area (Å²) in [6.45, 7) is 5.48. The number of ether oxygens (including phenoxy) is 2. The third-order valence-electron chi connectivity index (χ3n) is 3.87. The van der Waals surface area contributed by atoms with Gasteiger partial charge in [0.25, 0.3) is 0 Å². The summed E-state index contributed by atoms with van der Waals surface area (Å²) in [5.41, 5.74) is 2.77. The molecule has 0 amide bonds. The van der Waals surface area contributed by atoms with Gasteiger partial charge < -0.3 is 9.47 Å². The van der Waals surface area contributed by atoms with E-state index in [9.17, 15) is 9.59 Å².